The van der Waals surface area contributed by atoms with Crippen molar-refractivity contribution in [1.82, 2.24) is 9.55 Å². The third kappa shape index (κ3) is 2.91. The van der Waals surface area contributed by atoms with Crippen molar-refractivity contribution < 1.29 is 9.90 Å². The van der Waals surface area contributed by atoms with Gasteiger partial charge in [0, 0.05) is 17.5 Å². The first-order valence-electron chi connectivity index (χ1n) is 6.14. The van der Waals surface area contributed by atoms with Crippen LogP contribution in [-0.2, 0) is 0 Å². The summed E-state index contributed by atoms with van der Waals surface area (Å²) >= 11 is 1.82. The highest BCUT2D eigenvalue weighted by Crippen LogP contribution is 2.32. The molecular weight excluding hydrogens is 268 g/mol. The van der Waals surface area contributed by atoms with Gasteiger partial charge in [0.05, 0.1) is 0 Å². The number of carboxylic acid groups (broad SMARTS) is 1. The van der Waals surface area contributed by atoms with Gasteiger partial charge in [-0.05, 0) is 31.9 Å². The maximum absolute atomic E-state index is 11.8. The monoisotopic (exact) mass is 284 g/mol. The predicted molar refractivity (Wildman–Crippen MR) is 73.1 cm³/mol. The molecule has 1 aromatic rings. The van der Waals surface area contributed by atoms with Crippen molar-refractivity contribution in [2.45, 2.75) is 37.0 Å². The molecule has 1 heterocycles. The van der Waals surface area contributed by atoms with E-state index < -0.39 is 17.2 Å². The third-order valence-corrected chi connectivity index (χ3v) is 4.71. The molecule has 0 amide bonds. The Hall–Kier alpha value is -1.50. The second kappa shape index (κ2) is 5.64. The van der Waals surface area contributed by atoms with Crippen LogP contribution in [0.15, 0.2) is 15.8 Å². The zero-order valence-electron chi connectivity index (χ0n) is 10.6. The highest BCUT2D eigenvalue weighted by molar-refractivity contribution is 7.99. The summed E-state index contributed by atoms with van der Waals surface area (Å²) in [7, 11) is 0. The van der Waals surface area contributed by atoms with Gasteiger partial charge < -0.3 is 5.11 Å². The minimum absolute atomic E-state index is 0.0224. The van der Waals surface area contributed by atoms with E-state index in [2.05, 4.69) is 11.2 Å². The van der Waals surface area contributed by atoms with Gasteiger partial charge in [0.1, 0.15) is 5.56 Å². The highest BCUT2D eigenvalue weighted by atomic mass is 32.2. The lowest BCUT2D eigenvalue weighted by Gasteiger charge is -2.28. The second-order valence-electron chi connectivity index (χ2n) is 4.68. The molecule has 2 N–H and O–H groups in total. The number of aromatic amines is 1. The van der Waals surface area contributed by atoms with Gasteiger partial charge in [-0.2, -0.15) is 11.8 Å². The molecule has 1 aliphatic rings. The fourth-order valence-corrected chi connectivity index (χ4v) is 3.21. The lowest BCUT2D eigenvalue weighted by molar-refractivity contribution is 0.0693. The average molecular weight is 284 g/mol. The van der Waals surface area contributed by atoms with E-state index in [1.54, 1.807) is 0 Å². The number of aromatic carboxylic acids is 1. The molecule has 6 nitrogen and oxygen atoms in total. The van der Waals surface area contributed by atoms with Gasteiger partial charge in [0.15, 0.2) is 0 Å². The fourth-order valence-electron chi connectivity index (χ4n) is 2.47. The first-order valence-corrected chi connectivity index (χ1v) is 7.43. The van der Waals surface area contributed by atoms with E-state index in [-0.39, 0.29) is 11.6 Å². The summed E-state index contributed by atoms with van der Waals surface area (Å²) < 4.78 is 1.36. The molecule has 104 valence electrons. The van der Waals surface area contributed by atoms with Gasteiger partial charge in [0.25, 0.3) is 5.56 Å². The van der Waals surface area contributed by atoms with Crippen LogP contribution in [0.3, 0.4) is 0 Å². The van der Waals surface area contributed by atoms with Crippen LogP contribution in [0.25, 0.3) is 0 Å². The van der Waals surface area contributed by atoms with Gasteiger partial charge in [-0.25, -0.2) is 9.59 Å². The first kappa shape index (κ1) is 13.9. The van der Waals surface area contributed by atoms with Gasteiger partial charge >= 0.3 is 11.7 Å². The van der Waals surface area contributed by atoms with Crippen LogP contribution >= 0.6 is 11.8 Å². The highest BCUT2D eigenvalue weighted by Gasteiger charge is 2.23. The summed E-state index contributed by atoms with van der Waals surface area (Å²) in [6.45, 7) is 0. The zero-order valence-corrected chi connectivity index (χ0v) is 11.4. The van der Waals surface area contributed by atoms with Crippen LogP contribution in [0.5, 0.6) is 0 Å². The summed E-state index contributed by atoms with van der Waals surface area (Å²) in [6, 6.07) is -0.0224. The summed E-state index contributed by atoms with van der Waals surface area (Å²) in [5.74, 6) is -1.31. The normalized spacial score (nSPS) is 23.2. The number of aromatic nitrogens is 2. The Morgan fingerprint density at radius 2 is 2.00 bits per heavy atom. The number of hydrogen-bond acceptors (Lipinski definition) is 4. The SMILES string of the molecule is CSC1CCC(n2cc(C(=O)O)c(=O)[nH]c2=O)CC1. The van der Waals surface area contributed by atoms with Crippen molar-refractivity contribution in [2.24, 2.45) is 0 Å². The molecule has 0 spiro atoms. The van der Waals surface area contributed by atoms with Crippen LogP contribution in [0.4, 0.5) is 0 Å². The largest absolute Gasteiger partial charge is 0.477 e. The number of H-pyrrole nitrogens is 1. The molecule has 7 heteroatoms. The van der Waals surface area contributed by atoms with Crippen molar-refractivity contribution in [3.63, 3.8) is 0 Å². The molecule has 0 aromatic carbocycles. The minimum Gasteiger partial charge on any atom is -0.477 e. The topological polar surface area (TPSA) is 92.2 Å². The van der Waals surface area contributed by atoms with Crippen molar-refractivity contribution in [1.29, 1.82) is 0 Å². The molecule has 0 bridgehead atoms. The lowest BCUT2D eigenvalue weighted by Crippen LogP contribution is -2.36. The predicted octanol–water partition coefficient (Wildman–Crippen LogP) is 1.08. The first-order chi connectivity index (χ1) is 9.02. The van der Waals surface area contributed by atoms with Crippen LogP contribution in [0.1, 0.15) is 42.1 Å². The number of carboxylic acids is 1. The zero-order chi connectivity index (χ0) is 14.0. The van der Waals surface area contributed by atoms with E-state index >= 15 is 0 Å². The van der Waals surface area contributed by atoms with Gasteiger partial charge in [-0.15, -0.1) is 0 Å². The van der Waals surface area contributed by atoms with E-state index in [1.165, 1.54) is 10.8 Å². The Morgan fingerprint density at radius 1 is 1.37 bits per heavy atom. The standard InChI is InChI=1S/C12H16N2O4S/c1-19-8-4-2-7(3-5-8)14-6-9(11(16)17)10(15)13-12(14)18/h6-8H,2-5H2,1H3,(H,16,17)(H,13,15,18). The molecule has 1 saturated carbocycles. The Kier molecular flexibility index (Phi) is 4.14. The number of carbonyl (C=O) groups is 1. The van der Waals surface area contributed by atoms with E-state index in [9.17, 15) is 14.4 Å². The smallest absolute Gasteiger partial charge is 0.342 e. The van der Waals surface area contributed by atoms with Crippen molar-refractivity contribution in [3.05, 3.63) is 32.6 Å². The quantitative estimate of drug-likeness (QED) is 0.866. The van der Waals surface area contributed by atoms with Crippen LogP contribution in [-0.4, -0.2) is 32.1 Å². The van der Waals surface area contributed by atoms with Crippen molar-refractivity contribution in [3.8, 4) is 0 Å². The number of rotatable bonds is 3. The molecule has 0 atom stereocenters. The Labute approximate surface area is 113 Å². The molecule has 1 aromatic heterocycles. The van der Waals surface area contributed by atoms with Crippen LogP contribution in [0.2, 0.25) is 0 Å². The summed E-state index contributed by atoms with van der Waals surface area (Å²) in [5, 5.41) is 9.53. The maximum Gasteiger partial charge on any atom is 0.342 e. The third-order valence-electron chi connectivity index (χ3n) is 3.57. The molecular formula is C12H16N2O4S. The van der Waals surface area contributed by atoms with Crippen LogP contribution in [0, 0.1) is 0 Å². The Morgan fingerprint density at radius 3 is 2.53 bits per heavy atom. The summed E-state index contributed by atoms with van der Waals surface area (Å²) in [6.07, 6.45) is 6.90. The molecule has 0 aliphatic heterocycles. The van der Waals surface area contributed by atoms with Gasteiger partial charge in [0.2, 0.25) is 0 Å². The summed E-state index contributed by atoms with van der Waals surface area (Å²) in [5.41, 5.74) is -1.75. The van der Waals surface area contributed by atoms with Gasteiger partial charge in [-0.3, -0.25) is 14.3 Å². The van der Waals surface area contributed by atoms with Crippen LogP contribution < -0.4 is 11.2 Å². The summed E-state index contributed by atoms with van der Waals surface area (Å²) in [4.78, 5) is 36.1. The number of nitrogens with zero attached hydrogens (tertiary/aromatic N) is 1. The van der Waals surface area contributed by atoms with Crippen molar-refractivity contribution >= 4 is 17.7 Å². The number of nitrogens with one attached hydrogen (secondary N) is 1. The molecule has 1 fully saturated rings. The van der Waals surface area contributed by atoms with E-state index in [1.807, 2.05) is 11.8 Å². The molecule has 0 saturated heterocycles. The maximum atomic E-state index is 11.8. The molecule has 19 heavy (non-hydrogen) atoms. The van der Waals surface area contributed by atoms with E-state index in [4.69, 9.17) is 5.11 Å². The van der Waals surface area contributed by atoms with Gasteiger partial charge in [-0.1, -0.05) is 0 Å². The lowest BCUT2D eigenvalue weighted by atomic mass is 9.95. The fraction of sp³-hybridized carbons (Fsp3) is 0.583. The molecule has 1 aliphatic carbocycles. The molecule has 2 rings (SSSR count). The van der Waals surface area contributed by atoms with E-state index in [0.717, 1.165) is 25.7 Å². The average Bonchev–Trinajstić information content (AvgIpc) is 2.38. The van der Waals surface area contributed by atoms with E-state index in [0.29, 0.717) is 5.25 Å². The molecule has 0 unspecified atom stereocenters. The van der Waals surface area contributed by atoms with Crippen molar-refractivity contribution in [2.75, 3.05) is 6.26 Å². The molecule has 0 radical (unpaired) electrons. The Balaban J connectivity index is 2.30. The second-order valence-corrected chi connectivity index (χ2v) is 5.82. The Bertz CT molecular complexity index is 584. The number of thioether (sulfide) groups is 1. The minimum atomic E-state index is -1.31. The number of hydrogen-bond donors (Lipinski definition) is 2.